The smallest absolute Gasteiger partial charge is 0.164 e. The molecule has 4 aromatic heterocycles. The highest BCUT2D eigenvalue weighted by Gasteiger charge is 2.20. The van der Waals surface area contributed by atoms with E-state index in [0.717, 1.165) is 87.2 Å². The number of benzene rings is 8. The minimum Gasteiger partial charge on any atom is -0.265 e. The molecule has 278 valence electrons. The zero-order chi connectivity index (χ0) is 39.6. The molecule has 0 N–H and O–H groups in total. The van der Waals surface area contributed by atoms with Gasteiger partial charge in [-0.25, -0.2) is 29.9 Å². The SMILES string of the molecule is c1ccc2cc(-c3nc(-c4ccncc4)nc(-c4ccc5ccc6c(-c7nc(-c8ccncc8)nc(-c8ccc9ccccc9c8)n7)ccc7ccc4c5c76)n3)ccc2c1. The Labute approximate surface area is 343 Å². The van der Waals surface area contributed by atoms with E-state index in [1.807, 2.05) is 36.4 Å². The van der Waals surface area contributed by atoms with Crippen LogP contribution in [-0.4, -0.2) is 39.9 Å². The van der Waals surface area contributed by atoms with Gasteiger partial charge in [0, 0.05) is 58.2 Å². The normalized spacial score (nSPS) is 11.7. The van der Waals surface area contributed by atoms with Crippen molar-refractivity contribution in [2.75, 3.05) is 0 Å². The van der Waals surface area contributed by atoms with E-state index in [9.17, 15) is 0 Å². The first-order valence-electron chi connectivity index (χ1n) is 19.7. The molecule has 0 aliphatic rings. The van der Waals surface area contributed by atoms with Crippen molar-refractivity contribution in [3.8, 4) is 68.3 Å². The van der Waals surface area contributed by atoms with Crippen molar-refractivity contribution in [1.82, 2.24) is 39.9 Å². The van der Waals surface area contributed by atoms with Crippen LogP contribution in [0.2, 0.25) is 0 Å². The van der Waals surface area contributed by atoms with Gasteiger partial charge in [-0.05, 0) is 102 Å². The number of aromatic nitrogens is 8. The summed E-state index contributed by atoms with van der Waals surface area (Å²) in [7, 11) is 0. The largest absolute Gasteiger partial charge is 0.265 e. The van der Waals surface area contributed by atoms with E-state index in [2.05, 4.69) is 131 Å². The number of hydrogen-bond donors (Lipinski definition) is 0. The van der Waals surface area contributed by atoms with Crippen LogP contribution in [0.5, 0.6) is 0 Å². The van der Waals surface area contributed by atoms with Gasteiger partial charge in [0.25, 0.3) is 0 Å². The lowest BCUT2D eigenvalue weighted by Gasteiger charge is -2.16. The van der Waals surface area contributed by atoms with Crippen molar-refractivity contribution in [1.29, 1.82) is 0 Å². The zero-order valence-electron chi connectivity index (χ0n) is 31.9. The number of hydrogen-bond acceptors (Lipinski definition) is 8. The van der Waals surface area contributed by atoms with Crippen LogP contribution < -0.4 is 0 Å². The topological polar surface area (TPSA) is 103 Å². The lowest BCUT2D eigenvalue weighted by atomic mass is 9.89. The Bertz CT molecular complexity index is 3370. The molecule has 0 saturated carbocycles. The predicted molar refractivity (Wildman–Crippen MR) is 240 cm³/mol. The van der Waals surface area contributed by atoms with Crippen molar-refractivity contribution < 1.29 is 0 Å². The van der Waals surface area contributed by atoms with Crippen LogP contribution in [0.3, 0.4) is 0 Å². The number of pyridine rings is 2. The molecule has 60 heavy (non-hydrogen) atoms. The maximum Gasteiger partial charge on any atom is 0.164 e. The molecule has 0 bridgehead atoms. The van der Waals surface area contributed by atoms with Gasteiger partial charge in [-0.1, -0.05) is 109 Å². The Morgan fingerprint density at radius 2 is 0.600 bits per heavy atom. The van der Waals surface area contributed by atoms with E-state index in [-0.39, 0.29) is 0 Å². The maximum absolute atomic E-state index is 5.18. The average molecular weight is 767 g/mol. The predicted octanol–water partition coefficient (Wildman–Crippen LogP) is 12.1. The van der Waals surface area contributed by atoms with Crippen molar-refractivity contribution >= 4 is 53.9 Å². The van der Waals surface area contributed by atoms with E-state index in [0.29, 0.717) is 34.9 Å². The first kappa shape index (κ1) is 33.7. The molecule has 0 aliphatic heterocycles. The maximum atomic E-state index is 5.18. The standard InChI is InChI=1S/C52H30N8/c1-3-7-37-29-39(11-9-31(37)5-1)49-55-47(35-21-25-53-26-22-35)57-51(59-49)43-19-15-33-14-18-42-44(20-16-34-13-17-41(43)45(33)46(34)42)52-58-48(36-23-27-54-28-24-36)56-50(60-52)40-12-10-32-6-2-4-8-38(32)30-40/h1-30H. The minimum atomic E-state index is 0.584. The fourth-order valence-corrected chi connectivity index (χ4v) is 8.36. The third-order valence-electron chi connectivity index (χ3n) is 11.3. The van der Waals surface area contributed by atoms with E-state index in [1.165, 1.54) is 0 Å². The van der Waals surface area contributed by atoms with Crippen LogP contribution in [0.4, 0.5) is 0 Å². The van der Waals surface area contributed by atoms with Gasteiger partial charge in [-0.15, -0.1) is 0 Å². The fraction of sp³-hybridized carbons (Fsp3) is 0. The Morgan fingerprint density at radius 1 is 0.250 bits per heavy atom. The summed E-state index contributed by atoms with van der Waals surface area (Å²) in [5.74, 6) is 3.57. The first-order valence-corrected chi connectivity index (χ1v) is 19.7. The summed E-state index contributed by atoms with van der Waals surface area (Å²) in [6, 6.07) is 54.4. The van der Waals surface area contributed by atoms with Gasteiger partial charge in [0.05, 0.1) is 0 Å². The summed E-state index contributed by atoms with van der Waals surface area (Å²) < 4.78 is 0. The Kier molecular flexibility index (Phi) is 7.67. The molecule has 8 nitrogen and oxygen atoms in total. The molecule has 0 radical (unpaired) electrons. The Balaban J connectivity index is 1.06. The lowest BCUT2D eigenvalue weighted by Crippen LogP contribution is -2.01. The molecule has 0 saturated heterocycles. The fourth-order valence-electron chi connectivity index (χ4n) is 8.36. The molecule has 8 heteroatoms. The summed E-state index contributed by atoms with van der Waals surface area (Å²) in [4.78, 5) is 39.1. The van der Waals surface area contributed by atoms with E-state index < -0.39 is 0 Å². The first-order chi connectivity index (χ1) is 29.7. The second-order valence-corrected chi connectivity index (χ2v) is 14.9. The van der Waals surface area contributed by atoms with Gasteiger partial charge in [-0.3, -0.25) is 9.97 Å². The molecule has 0 spiro atoms. The molecule has 0 amide bonds. The Morgan fingerprint density at radius 3 is 1.03 bits per heavy atom. The molecular weight excluding hydrogens is 737 g/mol. The molecule has 0 unspecified atom stereocenters. The highest BCUT2D eigenvalue weighted by Crippen LogP contribution is 2.42. The quantitative estimate of drug-likeness (QED) is 0.154. The molecule has 0 aliphatic carbocycles. The molecule has 0 fully saturated rings. The van der Waals surface area contributed by atoms with Crippen LogP contribution in [0.25, 0.3) is 122 Å². The van der Waals surface area contributed by atoms with Gasteiger partial charge in [0.2, 0.25) is 0 Å². The van der Waals surface area contributed by atoms with Crippen molar-refractivity contribution in [2.45, 2.75) is 0 Å². The number of fused-ring (bicyclic) bond motifs is 2. The van der Waals surface area contributed by atoms with Crippen LogP contribution >= 0.6 is 0 Å². The Hall–Kier alpha value is -8.36. The van der Waals surface area contributed by atoms with Crippen LogP contribution in [0.15, 0.2) is 183 Å². The minimum absolute atomic E-state index is 0.584. The number of rotatable bonds is 6. The molecule has 4 heterocycles. The highest BCUT2D eigenvalue weighted by molar-refractivity contribution is 6.27. The summed E-state index contributed by atoms with van der Waals surface area (Å²) in [5.41, 5.74) is 5.40. The van der Waals surface area contributed by atoms with Crippen LogP contribution in [0.1, 0.15) is 0 Å². The second-order valence-electron chi connectivity index (χ2n) is 14.9. The monoisotopic (exact) mass is 766 g/mol. The average Bonchev–Trinajstić information content (AvgIpc) is 3.33. The molecule has 12 rings (SSSR count). The third-order valence-corrected chi connectivity index (χ3v) is 11.3. The molecule has 12 aromatic rings. The van der Waals surface area contributed by atoms with E-state index in [4.69, 9.17) is 29.9 Å². The van der Waals surface area contributed by atoms with Gasteiger partial charge < -0.3 is 0 Å². The highest BCUT2D eigenvalue weighted by atomic mass is 15.0. The van der Waals surface area contributed by atoms with Crippen LogP contribution in [-0.2, 0) is 0 Å². The summed E-state index contributed by atoms with van der Waals surface area (Å²) in [6.07, 6.45) is 7.05. The van der Waals surface area contributed by atoms with Crippen molar-refractivity contribution in [3.05, 3.63) is 183 Å². The van der Waals surface area contributed by atoms with Crippen LogP contribution in [0, 0.1) is 0 Å². The molecule has 8 aromatic carbocycles. The van der Waals surface area contributed by atoms with E-state index in [1.54, 1.807) is 24.8 Å². The summed E-state index contributed by atoms with van der Waals surface area (Å²) in [5, 5.41) is 11.1. The lowest BCUT2D eigenvalue weighted by molar-refractivity contribution is 1.07. The molecule has 0 atom stereocenters. The van der Waals surface area contributed by atoms with Crippen molar-refractivity contribution in [2.24, 2.45) is 0 Å². The second kappa shape index (κ2) is 13.6. The molecular formula is C52H30N8. The summed E-state index contributed by atoms with van der Waals surface area (Å²) in [6.45, 7) is 0. The third kappa shape index (κ3) is 5.69. The van der Waals surface area contributed by atoms with Gasteiger partial charge in [0.1, 0.15) is 0 Å². The summed E-state index contributed by atoms with van der Waals surface area (Å²) >= 11 is 0. The van der Waals surface area contributed by atoms with Crippen molar-refractivity contribution in [3.63, 3.8) is 0 Å². The zero-order valence-corrected chi connectivity index (χ0v) is 31.9. The number of nitrogens with zero attached hydrogens (tertiary/aromatic N) is 8. The van der Waals surface area contributed by atoms with Gasteiger partial charge in [-0.2, -0.15) is 0 Å². The van der Waals surface area contributed by atoms with E-state index >= 15 is 0 Å². The van der Waals surface area contributed by atoms with Gasteiger partial charge in [0.15, 0.2) is 34.9 Å². The van der Waals surface area contributed by atoms with Gasteiger partial charge >= 0.3 is 0 Å².